The molecule has 194 valence electrons. The molecule has 3 atom stereocenters. The summed E-state index contributed by atoms with van der Waals surface area (Å²) in [4.78, 5) is 27.8. The molecule has 9 nitrogen and oxygen atoms in total. The van der Waals surface area contributed by atoms with E-state index in [-0.39, 0.29) is 59.6 Å². The van der Waals surface area contributed by atoms with Crippen LogP contribution in [-0.2, 0) is 14.8 Å². The molecule has 4 rings (SSSR count). The monoisotopic (exact) mass is 515 g/mol. The number of nitrogens with one attached hydrogen (secondary N) is 1. The van der Waals surface area contributed by atoms with Crippen molar-refractivity contribution >= 4 is 27.5 Å². The number of likely N-dealkylation sites (N-methyl/N-ethyl adjacent to an activating group) is 1. The maximum absolute atomic E-state index is 13.5. The summed E-state index contributed by atoms with van der Waals surface area (Å²) in [5, 5.41) is 12.7. The number of hydrogen-bond donors (Lipinski definition) is 2. The minimum absolute atomic E-state index is 0.0261. The smallest absolute Gasteiger partial charge is 0.258 e. The highest BCUT2D eigenvalue weighted by Gasteiger charge is 2.37. The van der Waals surface area contributed by atoms with Crippen LogP contribution in [0.2, 0.25) is 0 Å². The second kappa shape index (κ2) is 10.6. The third-order valence-electron chi connectivity index (χ3n) is 6.79. The molecule has 1 fully saturated rings. The Hall–Kier alpha value is -2.95. The van der Waals surface area contributed by atoms with Crippen LogP contribution >= 0.6 is 0 Å². The summed E-state index contributed by atoms with van der Waals surface area (Å²) in [6, 6.07) is 12.7. The summed E-state index contributed by atoms with van der Waals surface area (Å²) in [5.41, 5.74) is 0.636. The van der Waals surface area contributed by atoms with Crippen LogP contribution < -0.4 is 10.1 Å². The fraction of sp³-hybridized carbons (Fsp3) is 0.462. The topological polar surface area (TPSA) is 116 Å². The van der Waals surface area contributed by atoms with E-state index in [0.717, 1.165) is 12.8 Å². The third kappa shape index (κ3) is 5.40. The molecule has 1 aliphatic heterocycles. The van der Waals surface area contributed by atoms with Gasteiger partial charge in [-0.15, -0.1) is 0 Å². The number of sulfonamides is 1. The average molecular weight is 516 g/mol. The van der Waals surface area contributed by atoms with Gasteiger partial charge in [-0.05, 0) is 44.0 Å². The molecular weight excluding hydrogens is 482 g/mol. The molecule has 2 aromatic carbocycles. The first-order valence-corrected chi connectivity index (χ1v) is 13.6. The fourth-order valence-electron chi connectivity index (χ4n) is 4.26. The first-order chi connectivity index (χ1) is 17.1. The number of amides is 2. The highest BCUT2D eigenvalue weighted by Crippen LogP contribution is 2.37. The largest absolute Gasteiger partial charge is 0.486 e. The van der Waals surface area contributed by atoms with Crippen LogP contribution in [0.15, 0.2) is 53.4 Å². The lowest BCUT2D eigenvalue weighted by Crippen LogP contribution is -2.50. The Morgan fingerprint density at radius 3 is 2.53 bits per heavy atom. The van der Waals surface area contributed by atoms with Gasteiger partial charge in [-0.2, -0.15) is 4.31 Å². The van der Waals surface area contributed by atoms with E-state index in [9.17, 15) is 23.1 Å². The van der Waals surface area contributed by atoms with Crippen LogP contribution in [0.3, 0.4) is 0 Å². The Bertz CT molecular complexity index is 1220. The van der Waals surface area contributed by atoms with Gasteiger partial charge in [0, 0.05) is 25.4 Å². The molecule has 2 N–H and O–H groups in total. The van der Waals surface area contributed by atoms with Crippen molar-refractivity contribution in [3.05, 3.63) is 54.1 Å². The van der Waals surface area contributed by atoms with Gasteiger partial charge in [0.15, 0.2) is 5.75 Å². The predicted octanol–water partition coefficient (Wildman–Crippen LogP) is 2.58. The lowest BCUT2D eigenvalue weighted by Gasteiger charge is -2.38. The molecule has 1 heterocycles. The van der Waals surface area contributed by atoms with Crippen molar-refractivity contribution in [3.63, 3.8) is 0 Å². The minimum Gasteiger partial charge on any atom is -0.486 e. The zero-order valence-electron chi connectivity index (χ0n) is 20.8. The molecule has 0 unspecified atom stereocenters. The average Bonchev–Trinajstić information content (AvgIpc) is 3.72. The van der Waals surface area contributed by atoms with Crippen molar-refractivity contribution in [2.45, 2.75) is 43.7 Å². The highest BCUT2D eigenvalue weighted by molar-refractivity contribution is 7.89. The normalized spacial score (nSPS) is 21.2. The minimum atomic E-state index is -3.77. The van der Waals surface area contributed by atoms with E-state index in [1.807, 2.05) is 6.92 Å². The van der Waals surface area contributed by atoms with Gasteiger partial charge in [-0.3, -0.25) is 9.59 Å². The first kappa shape index (κ1) is 26.1. The number of aliphatic hydroxyl groups excluding tert-OH is 1. The van der Waals surface area contributed by atoms with Crippen LogP contribution in [0, 0.1) is 11.8 Å². The predicted molar refractivity (Wildman–Crippen MR) is 135 cm³/mol. The number of aliphatic hydroxyl groups is 1. The van der Waals surface area contributed by atoms with Gasteiger partial charge in [0.1, 0.15) is 6.10 Å². The van der Waals surface area contributed by atoms with Crippen molar-refractivity contribution in [1.29, 1.82) is 0 Å². The molecule has 36 heavy (non-hydrogen) atoms. The molecule has 1 aliphatic carbocycles. The lowest BCUT2D eigenvalue weighted by atomic mass is 9.99. The number of anilines is 1. The van der Waals surface area contributed by atoms with Crippen molar-refractivity contribution in [2.24, 2.45) is 11.8 Å². The number of para-hydroxylation sites is 1. The van der Waals surface area contributed by atoms with Gasteiger partial charge < -0.3 is 20.1 Å². The van der Waals surface area contributed by atoms with Crippen LogP contribution in [0.4, 0.5) is 5.69 Å². The molecule has 2 aromatic rings. The maximum atomic E-state index is 13.5. The summed E-state index contributed by atoms with van der Waals surface area (Å²) in [5.74, 6) is -0.557. The quantitative estimate of drug-likeness (QED) is 0.558. The molecule has 0 radical (unpaired) electrons. The Balaban J connectivity index is 1.71. The standard InChI is InChI=1S/C26H33N3O6S/c1-17-14-29(18(2)16-30)26(32)21-10-7-11-22(27-25(31)19-12-13-19)24(21)35-23(17)15-28(3)36(33,34)20-8-5-4-6-9-20/h4-11,17-19,23,30H,12-16H2,1-3H3,(H,27,31)/t17-,18+,23+/m0/s1. The van der Waals surface area contributed by atoms with E-state index in [1.54, 1.807) is 60.4 Å². The number of hydrogen-bond acceptors (Lipinski definition) is 6. The van der Waals surface area contributed by atoms with E-state index < -0.39 is 22.2 Å². The first-order valence-electron chi connectivity index (χ1n) is 12.2. The van der Waals surface area contributed by atoms with Crippen LogP contribution in [0.5, 0.6) is 5.75 Å². The fourth-order valence-corrected chi connectivity index (χ4v) is 5.47. The third-order valence-corrected chi connectivity index (χ3v) is 8.62. The van der Waals surface area contributed by atoms with Gasteiger partial charge in [0.2, 0.25) is 15.9 Å². The number of ether oxygens (including phenoxy) is 1. The van der Waals surface area contributed by atoms with Crippen molar-refractivity contribution in [3.8, 4) is 5.75 Å². The zero-order chi connectivity index (χ0) is 26.0. The highest BCUT2D eigenvalue weighted by atomic mass is 32.2. The summed E-state index contributed by atoms with van der Waals surface area (Å²) >= 11 is 0. The zero-order valence-corrected chi connectivity index (χ0v) is 21.6. The Kier molecular flexibility index (Phi) is 7.67. The summed E-state index contributed by atoms with van der Waals surface area (Å²) in [7, 11) is -2.28. The summed E-state index contributed by atoms with van der Waals surface area (Å²) in [6.07, 6.45) is 1.02. The van der Waals surface area contributed by atoms with Crippen molar-refractivity contribution in [1.82, 2.24) is 9.21 Å². The van der Waals surface area contributed by atoms with Crippen LogP contribution in [0.25, 0.3) is 0 Å². The Labute approximate surface area is 212 Å². The van der Waals surface area contributed by atoms with Gasteiger partial charge in [0.05, 0.1) is 35.3 Å². The summed E-state index contributed by atoms with van der Waals surface area (Å²) in [6.45, 7) is 3.71. The molecule has 2 amide bonds. The van der Waals surface area contributed by atoms with E-state index in [2.05, 4.69) is 5.32 Å². The SMILES string of the molecule is C[C@H](CO)N1C[C@H](C)[C@@H](CN(C)S(=O)(=O)c2ccccc2)Oc2c(NC(=O)C3CC3)cccc2C1=O. The molecule has 0 saturated heterocycles. The number of rotatable bonds is 8. The van der Waals surface area contributed by atoms with Gasteiger partial charge in [0.25, 0.3) is 5.91 Å². The number of carbonyl (C=O) groups excluding carboxylic acids is 2. The number of benzene rings is 2. The van der Waals surface area contributed by atoms with E-state index in [4.69, 9.17) is 4.74 Å². The molecule has 0 spiro atoms. The molecule has 2 aliphatic rings. The van der Waals surface area contributed by atoms with Gasteiger partial charge >= 0.3 is 0 Å². The Morgan fingerprint density at radius 1 is 1.19 bits per heavy atom. The van der Waals surface area contributed by atoms with E-state index >= 15 is 0 Å². The molecule has 10 heteroatoms. The van der Waals surface area contributed by atoms with Crippen molar-refractivity contribution < 1.29 is 27.9 Å². The maximum Gasteiger partial charge on any atom is 0.258 e. The van der Waals surface area contributed by atoms with Gasteiger partial charge in [-0.25, -0.2) is 8.42 Å². The second-order valence-electron chi connectivity index (χ2n) is 9.67. The Morgan fingerprint density at radius 2 is 1.89 bits per heavy atom. The molecular formula is C26H33N3O6S. The molecule has 1 saturated carbocycles. The van der Waals surface area contributed by atoms with Crippen molar-refractivity contribution in [2.75, 3.05) is 32.1 Å². The lowest BCUT2D eigenvalue weighted by molar-refractivity contribution is -0.117. The van der Waals surface area contributed by atoms with Gasteiger partial charge in [-0.1, -0.05) is 31.2 Å². The molecule has 0 aromatic heterocycles. The number of nitrogens with zero attached hydrogens (tertiary/aromatic N) is 2. The van der Waals surface area contributed by atoms with E-state index in [0.29, 0.717) is 5.69 Å². The second-order valence-corrected chi connectivity index (χ2v) is 11.7. The van der Waals surface area contributed by atoms with E-state index in [1.165, 1.54) is 11.4 Å². The number of carbonyl (C=O) groups is 2. The summed E-state index contributed by atoms with van der Waals surface area (Å²) < 4.78 is 34.0. The van der Waals surface area contributed by atoms with Crippen LogP contribution in [0.1, 0.15) is 37.0 Å². The van der Waals surface area contributed by atoms with Crippen LogP contribution in [-0.4, -0.2) is 73.4 Å². The number of fused-ring (bicyclic) bond motifs is 1. The molecule has 0 bridgehead atoms.